The Kier molecular flexibility index (Phi) is 4.52. The Hall–Kier alpha value is -2.80. The molecular formula is C16H13ClFN5O. The number of anilines is 1. The third-order valence-corrected chi connectivity index (χ3v) is 3.68. The summed E-state index contributed by atoms with van der Waals surface area (Å²) in [7, 11) is 0. The molecular weight excluding hydrogens is 333 g/mol. The summed E-state index contributed by atoms with van der Waals surface area (Å²) < 4.78 is 13.2. The topological polar surface area (TPSA) is 72.7 Å². The summed E-state index contributed by atoms with van der Waals surface area (Å²) in [5, 5.41) is 15.0. The van der Waals surface area contributed by atoms with Crippen molar-refractivity contribution in [3.63, 3.8) is 0 Å². The van der Waals surface area contributed by atoms with E-state index in [1.165, 1.54) is 12.1 Å². The number of nitrogens with one attached hydrogen (secondary N) is 1. The van der Waals surface area contributed by atoms with Gasteiger partial charge in [-0.05, 0) is 42.0 Å². The van der Waals surface area contributed by atoms with Crippen LogP contribution < -0.4 is 5.32 Å². The highest BCUT2D eigenvalue weighted by molar-refractivity contribution is 6.31. The number of rotatable bonds is 4. The molecule has 122 valence electrons. The summed E-state index contributed by atoms with van der Waals surface area (Å²) in [6.45, 7) is 1.76. The van der Waals surface area contributed by atoms with Crippen LogP contribution in [0.3, 0.4) is 0 Å². The maximum atomic E-state index is 13.2. The maximum Gasteiger partial charge on any atom is 0.248 e. The predicted molar refractivity (Wildman–Crippen MR) is 88.0 cm³/mol. The number of aryl methyl sites for hydroxylation is 1. The average Bonchev–Trinajstić information content (AvgIpc) is 2.99. The second-order valence-corrected chi connectivity index (χ2v) is 5.57. The van der Waals surface area contributed by atoms with Gasteiger partial charge in [-0.25, -0.2) is 4.39 Å². The molecule has 0 unspecified atom stereocenters. The number of hydrogen-bond donors (Lipinski definition) is 1. The largest absolute Gasteiger partial charge is 0.324 e. The van der Waals surface area contributed by atoms with Gasteiger partial charge in [0.1, 0.15) is 12.4 Å². The van der Waals surface area contributed by atoms with E-state index in [9.17, 15) is 9.18 Å². The molecule has 1 amide bonds. The number of nitrogens with zero attached hydrogens (tertiary/aromatic N) is 4. The molecule has 0 saturated carbocycles. The highest BCUT2D eigenvalue weighted by Crippen LogP contribution is 2.20. The van der Waals surface area contributed by atoms with Gasteiger partial charge in [0.15, 0.2) is 0 Å². The van der Waals surface area contributed by atoms with Crippen molar-refractivity contribution < 1.29 is 9.18 Å². The summed E-state index contributed by atoms with van der Waals surface area (Å²) in [5.41, 5.74) is 2.00. The van der Waals surface area contributed by atoms with E-state index in [1.54, 1.807) is 24.3 Å². The minimum absolute atomic E-state index is 0.117. The lowest BCUT2D eigenvalue weighted by atomic mass is 10.2. The van der Waals surface area contributed by atoms with Crippen molar-refractivity contribution in [1.82, 2.24) is 20.2 Å². The minimum atomic E-state index is -0.391. The molecule has 2 aromatic carbocycles. The number of carbonyl (C=O) groups is 1. The van der Waals surface area contributed by atoms with Crippen molar-refractivity contribution in [2.75, 3.05) is 5.32 Å². The number of hydrogen-bond acceptors (Lipinski definition) is 4. The average molecular weight is 346 g/mol. The summed E-state index contributed by atoms with van der Waals surface area (Å²) in [6, 6.07) is 11.1. The molecule has 0 saturated heterocycles. The Morgan fingerprint density at radius 3 is 2.88 bits per heavy atom. The zero-order valence-corrected chi connectivity index (χ0v) is 13.5. The molecule has 3 aromatic rings. The first kappa shape index (κ1) is 16.1. The normalized spacial score (nSPS) is 10.6. The summed E-state index contributed by atoms with van der Waals surface area (Å²) >= 11 is 6.02. The van der Waals surface area contributed by atoms with Gasteiger partial charge in [-0.3, -0.25) is 4.79 Å². The molecule has 6 nitrogen and oxygen atoms in total. The molecule has 0 atom stereocenters. The Morgan fingerprint density at radius 2 is 2.12 bits per heavy atom. The van der Waals surface area contributed by atoms with Crippen LogP contribution in [0, 0.1) is 12.7 Å². The van der Waals surface area contributed by atoms with Crippen LogP contribution in [-0.2, 0) is 11.3 Å². The summed E-state index contributed by atoms with van der Waals surface area (Å²) in [4.78, 5) is 13.2. The Morgan fingerprint density at radius 1 is 1.29 bits per heavy atom. The van der Waals surface area contributed by atoms with Gasteiger partial charge in [0, 0.05) is 16.3 Å². The van der Waals surface area contributed by atoms with Crippen LogP contribution >= 0.6 is 11.6 Å². The zero-order chi connectivity index (χ0) is 17.1. The molecule has 0 fully saturated rings. The number of halogens is 2. The molecule has 1 N–H and O–H groups in total. The highest BCUT2D eigenvalue weighted by Gasteiger charge is 2.10. The number of carbonyl (C=O) groups excluding carboxylic acids is 1. The Labute approximate surface area is 142 Å². The fourth-order valence-electron chi connectivity index (χ4n) is 2.05. The molecule has 0 aliphatic heterocycles. The van der Waals surface area contributed by atoms with Crippen LogP contribution in [0.15, 0.2) is 42.5 Å². The van der Waals surface area contributed by atoms with Crippen molar-refractivity contribution in [3.8, 4) is 11.4 Å². The molecule has 1 aromatic heterocycles. The first-order chi connectivity index (χ1) is 11.5. The van der Waals surface area contributed by atoms with Crippen LogP contribution in [0.4, 0.5) is 10.1 Å². The van der Waals surface area contributed by atoms with Gasteiger partial charge < -0.3 is 5.32 Å². The van der Waals surface area contributed by atoms with Crippen LogP contribution in [-0.4, -0.2) is 26.1 Å². The van der Waals surface area contributed by atoms with E-state index in [0.29, 0.717) is 16.3 Å². The second kappa shape index (κ2) is 6.76. The van der Waals surface area contributed by atoms with E-state index < -0.39 is 5.82 Å². The smallest absolute Gasteiger partial charge is 0.248 e. The van der Waals surface area contributed by atoms with E-state index >= 15 is 0 Å². The molecule has 0 aliphatic rings. The van der Waals surface area contributed by atoms with E-state index in [1.807, 2.05) is 13.0 Å². The zero-order valence-electron chi connectivity index (χ0n) is 12.7. The SMILES string of the molecule is Cc1ccc(NC(=O)Cn2nnc(-c3cccc(F)c3)n2)cc1Cl. The molecule has 0 spiro atoms. The molecule has 8 heteroatoms. The molecule has 0 aliphatic carbocycles. The van der Waals surface area contributed by atoms with E-state index in [-0.39, 0.29) is 18.3 Å². The van der Waals surface area contributed by atoms with E-state index in [4.69, 9.17) is 11.6 Å². The van der Waals surface area contributed by atoms with Gasteiger partial charge in [0.05, 0.1) is 0 Å². The monoisotopic (exact) mass is 345 g/mol. The van der Waals surface area contributed by atoms with Gasteiger partial charge in [-0.1, -0.05) is 29.8 Å². The van der Waals surface area contributed by atoms with Crippen molar-refractivity contribution >= 4 is 23.2 Å². The highest BCUT2D eigenvalue weighted by atomic mass is 35.5. The molecule has 24 heavy (non-hydrogen) atoms. The van der Waals surface area contributed by atoms with Crippen molar-refractivity contribution in [2.24, 2.45) is 0 Å². The summed E-state index contributed by atoms with van der Waals surface area (Å²) in [6.07, 6.45) is 0. The standard InChI is InChI=1S/C16H13ClFN5O/c1-10-5-6-13(8-14(10)17)19-15(24)9-23-21-16(20-22-23)11-3-2-4-12(18)7-11/h2-8H,9H2,1H3,(H,19,24). The van der Waals surface area contributed by atoms with Gasteiger partial charge in [-0.2, -0.15) is 4.80 Å². The van der Waals surface area contributed by atoms with Crippen LogP contribution in [0.5, 0.6) is 0 Å². The van der Waals surface area contributed by atoms with Gasteiger partial charge in [0.2, 0.25) is 11.7 Å². The van der Waals surface area contributed by atoms with Crippen LogP contribution in [0.2, 0.25) is 5.02 Å². The summed E-state index contributed by atoms with van der Waals surface area (Å²) in [5.74, 6) is -0.461. The van der Waals surface area contributed by atoms with Crippen molar-refractivity contribution in [1.29, 1.82) is 0 Å². The number of benzene rings is 2. The van der Waals surface area contributed by atoms with Gasteiger partial charge in [-0.15, -0.1) is 10.2 Å². The van der Waals surface area contributed by atoms with Crippen LogP contribution in [0.1, 0.15) is 5.56 Å². The lowest BCUT2D eigenvalue weighted by Gasteiger charge is -2.06. The third kappa shape index (κ3) is 3.75. The number of tetrazole rings is 1. The third-order valence-electron chi connectivity index (χ3n) is 3.28. The maximum absolute atomic E-state index is 13.2. The van der Waals surface area contributed by atoms with Crippen molar-refractivity contribution in [2.45, 2.75) is 13.5 Å². The fourth-order valence-corrected chi connectivity index (χ4v) is 2.23. The predicted octanol–water partition coefficient (Wildman–Crippen LogP) is 3.08. The first-order valence-corrected chi connectivity index (χ1v) is 7.49. The number of aromatic nitrogens is 4. The number of amides is 1. The molecule has 1 heterocycles. The lowest BCUT2D eigenvalue weighted by Crippen LogP contribution is -2.20. The van der Waals surface area contributed by atoms with Crippen LogP contribution in [0.25, 0.3) is 11.4 Å². The first-order valence-electron chi connectivity index (χ1n) is 7.11. The van der Waals surface area contributed by atoms with Crippen molar-refractivity contribution in [3.05, 3.63) is 58.9 Å². The lowest BCUT2D eigenvalue weighted by molar-refractivity contribution is -0.117. The molecule has 0 bridgehead atoms. The van der Waals surface area contributed by atoms with Gasteiger partial charge >= 0.3 is 0 Å². The fraction of sp³-hybridized carbons (Fsp3) is 0.125. The van der Waals surface area contributed by atoms with E-state index in [2.05, 4.69) is 20.7 Å². The Balaban J connectivity index is 1.68. The van der Waals surface area contributed by atoms with E-state index in [0.717, 1.165) is 10.4 Å². The van der Waals surface area contributed by atoms with Gasteiger partial charge in [0.25, 0.3) is 0 Å². The quantitative estimate of drug-likeness (QED) is 0.788. The molecule has 3 rings (SSSR count). The minimum Gasteiger partial charge on any atom is -0.324 e. The Bertz CT molecular complexity index is 896. The second-order valence-electron chi connectivity index (χ2n) is 5.17. The molecule has 0 radical (unpaired) electrons.